The van der Waals surface area contributed by atoms with Crippen molar-refractivity contribution in [2.75, 3.05) is 19.8 Å². The third-order valence-electron chi connectivity index (χ3n) is 3.16. The van der Waals surface area contributed by atoms with Gasteiger partial charge in [-0.05, 0) is 38.0 Å². The minimum atomic E-state index is 0.371. The van der Waals surface area contributed by atoms with E-state index in [1.165, 1.54) is 0 Å². The van der Waals surface area contributed by atoms with E-state index in [4.69, 9.17) is 33.7 Å². The Morgan fingerprint density at radius 3 is 2.30 bits per heavy atom. The molecular formula is C17H23Cl2N3O. The molecule has 0 spiro atoms. The number of nitrogens with two attached hydrogens (primary N) is 1. The largest absolute Gasteiger partial charge is 0.454 e. The van der Waals surface area contributed by atoms with Gasteiger partial charge in [0.05, 0.1) is 10.0 Å². The molecule has 0 unspecified atom stereocenters. The third-order valence-corrected chi connectivity index (χ3v) is 3.72. The Labute approximate surface area is 148 Å². The average molecular weight is 356 g/mol. The van der Waals surface area contributed by atoms with E-state index in [0.717, 1.165) is 17.8 Å². The molecule has 0 saturated carbocycles. The molecule has 0 aliphatic carbocycles. The highest BCUT2D eigenvalue weighted by Gasteiger charge is 2.13. The number of hydrogen-bond donors (Lipinski definition) is 1. The summed E-state index contributed by atoms with van der Waals surface area (Å²) in [6.07, 6.45) is 4.42. The van der Waals surface area contributed by atoms with Gasteiger partial charge in [-0.25, -0.2) is 4.99 Å². The zero-order valence-electron chi connectivity index (χ0n) is 14.2. The van der Waals surface area contributed by atoms with Crippen molar-refractivity contribution in [3.63, 3.8) is 0 Å². The van der Waals surface area contributed by atoms with Crippen LogP contribution in [0.1, 0.15) is 27.2 Å². The Hall–Kier alpha value is -1.65. The summed E-state index contributed by atoms with van der Waals surface area (Å²) in [5.74, 6) is 1.81. The summed E-state index contributed by atoms with van der Waals surface area (Å²) >= 11 is 12.4. The Morgan fingerprint density at radius 2 is 1.87 bits per heavy atom. The lowest BCUT2D eigenvalue weighted by Crippen LogP contribution is -2.11. The second-order valence-electron chi connectivity index (χ2n) is 5.20. The van der Waals surface area contributed by atoms with Gasteiger partial charge in [-0.1, -0.05) is 30.1 Å². The van der Waals surface area contributed by atoms with Crippen molar-refractivity contribution < 1.29 is 4.74 Å². The van der Waals surface area contributed by atoms with E-state index in [1.807, 2.05) is 38.9 Å². The van der Waals surface area contributed by atoms with Gasteiger partial charge in [-0.2, -0.15) is 0 Å². The second-order valence-corrected chi connectivity index (χ2v) is 6.01. The molecular weight excluding hydrogens is 333 g/mol. The first-order chi connectivity index (χ1) is 10.8. The maximum Gasteiger partial charge on any atom is 0.164 e. The van der Waals surface area contributed by atoms with E-state index in [0.29, 0.717) is 27.2 Å². The molecule has 6 heteroatoms. The Balaban J connectivity index is 3.34. The fraction of sp³-hybridized carbons (Fsp3) is 0.353. The number of ether oxygens (including phenoxy) is 1. The Kier molecular flexibility index (Phi) is 7.46. The van der Waals surface area contributed by atoms with Gasteiger partial charge >= 0.3 is 0 Å². The number of rotatable bonds is 6. The molecule has 0 fully saturated rings. The molecule has 2 N–H and O–H groups in total. The van der Waals surface area contributed by atoms with Crippen molar-refractivity contribution in [3.05, 3.63) is 45.4 Å². The van der Waals surface area contributed by atoms with Crippen molar-refractivity contribution in [1.29, 1.82) is 0 Å². The van der Waals surface area contributed by atoms with Gasteiger partial charge in [0.1, 0.15) is 11.6 Å². The number of benzene rings is 1. The van der Waals surface area contributed by atoms with E-state index in [9.17, 15) is 0 Å². The minimum absolute atomic E-state index is 0.371. The molecule has 0 aromatic heterocycles. The Bertz CT molecular complexity index is 626. The summed E-state index contributed by atoms with van der Waals surface area (Å²) in [5.41, 5.74) is 7.28. The van der Waals surface area contributed by atoms with Crippen molar-refractivity contribution in [1.82, 2.24) is 4.90 Å². The molecule has 1 aromatic carbocycles. The quantitative estimate of drug-likeness (QED) is 0.333. The van der Waals surface area contributed by atoms with Gasteiger partial charge in [0.2, 0.25) is 0 Å². The van der Waals surface area contributed by atoms with Crippen LogP contribution in [0.4, 0.5) is 5.69 Å². The van der Waals surface area contributed by atoms with Gasteiger partial charge in [-0.3, -0.25) is 0 Å². The topological polar surface area (TPSA) is 50.9 Å². The van der Waals surface area contributed by atoms with E-state index in [1.54, 1.807) is 18.3 Å². The SMILES string of the molecule is CC=N/C(=C\C(Oc1c(Cl)cc(N)cc1Cl)=C(/C)CC)N(C)C. The van der Waals surface area contributed by atoms with Gasteiger partial charge in [0.25, 0.3) is 0 Å². The van der Waals surface area contributed by atoms with Crippen molar-refractivity contribution in [3.8, 4) is 5.75 Å². The maximum atomic E-state index is 6.21. The fourth-order valence-corrected chi connectivity index (χ4v) is 2.31. The number of nitrogen functional groups attached to an aromatic ring is 1. The summed E-state index contributed by atoms with van der Waals surface area (Å²) in [6.45, 7) is 5.91. The highest BCUT2D eigenvalue weighted by molar-refractivity contribution is 6.37. The molecule has 126 valence electrons. The number of nitrogens with zero attached hydrogens (tertiary/aromatic N) is 2. The predicted octanol–water partition coefficient (Wildman–Crippen LogP) is 5.13. The molecule has 1 aromatic rings. The van der Waals surface area contributed by atoms with Crippen LogP contribution >= 0.6 is 23.2 Å². The summed E-state index contributed by atoms with van der Waals surface area (Å²) in [7, 11) is 3.84. The maximum absolute atomic E-state index is 6.21. The molecule has 0 amide bonds. The van der Waals surface area contributed by atoms with Crippen molar-refractivity contribution >= 4 is 35.1 Å². The highest BCUT2D eigenvalue weighted by atomic mass is 35.5. The molecule has 0 heterocycles. The molecule has 23 heavy (non-hydrogen) atoms. The Morgan fingerprint density at radius 1 is 1.30 bits per heavy atom. The first-order valence-corrected chi connectivity index (χ1v) is 8.05. The molecule has 4 nitrogen and oxygen atoms in total. The zero-order chi connectivity index (χ0) is 17.6. The number of aliphatic imine (C=N–C) groups is 1. The average Bonchev–Trinajstić information content (AvgIpc) is 2.47. The summed E-state index contributed by atoms with van der Waals surface area (Å²) in [5, 5.41) is 0.741. The first kappa shape index (κ1) is 19.4. The van der Waals surface area contributed by atoms with Gasteiger partial charge < -0.3 is 15.4 Å². The zero-order valence-corrected chi connectivity index (χ0v) is 15.7. The van der Waals surface area contributed by atoms with Gasteiger partial charge in [-0.15, -0.1) is 0 Å². The lowest BCUT2D eigenvalue weighted by atomic mass is 10.2. The van der Waals surface area contributed by atoms with Crippen LogP contribution in [-0.2, 0) is 0 Å². The number of allylic oxidation sites excluding steroid dienone is 2. The molecule has 0 bridgehead atoms. The minimum Gasteiger partial charge on any atom is -0.454 e. The fourth-order valence-electron chi connectivity index (χ4n) is 1.73. The monoisotopic (exact) mass is 355 g/mol. The van der Waals surface area contributed by atoms with Crippen molar-refractivity contribution in [2.24, 2.45) is 4.99 Å². The summed E-state index contributed by atoms with van der Waals surface area (Å²) in [6, 6.07) is 3.23. The molecule has 0 aliphatic rings. The number of halogens is 2. The lowest BCUT2D eigenvalue weighted by molar-refractivity contribution is 0.428. The third kappa shape index (κ3) is 5.48. The van der Waals surface area contributed by atoms with Gasteiger partial charge in [0.15, 0.2) is 5.75 Å². The van der Waals surface area contributed by atoms with Crippen LogP contribution in [0.5, 0.6) is 5.75 Å². The van der Waals surface area contributed by atoms with Crippen LogP contribution in [0.2, 0.25) is 10.0 Å². The molecule has 0 radical (unpaired) electrons. The lowest BCUT2D eigenvalue weighted by Gasteiger charge is -2.17. The van der Waals surface area contributed by atoms with Crippen LogP contribution in [0.3, 0.4) is 0 Å². The smallest absolute Gasteiger partial charge is 0.164 e. The van der Waals surface area contributed by atoms with E-state index in [-0.39, 0.29) is 0 Å². The van der Waals surface area contributed by atoms with Crippen LogP contribution in [0.25, 0.3) is 0 Å². The van der Waals surface area contributed by atoms with E-state index in [2.05, 4.69) is 11.9 Å². The van der Waals surface area contributed by atoms with Gasteiger partial charge in [0, 0.05) is 32.1 Å². The van der Waals surface area contributed by atoms with Crippen molar-refractivity contribution in [2.45, 2.75) is 27.2 Å². The first-order valence-electron chi connectivity index (χ1n) is 7.29. The molecule has 1 rings (SSSR count). The van der Waals surface area contributed by atoms with Crippen LogP contribution in [0, 0.1) is 0 Å². The predicted molar refractivity (Wildman–Crippen MR) is 100 cm³/mol. The standard InChI is InChI=1S/C17H23Cl2N3O/c1-6-11(3)15(10-16(21-7-2)22(4)5)23-17-13(18)8-12(20)9-14(17)19/h7-10H,6,20H2,1-5H3/b15-11-,16-10+,21-7?. The highest BCUT2D eigenvalue weighted by Crippen LogP contribution is 2.37. The second kappa shape index (κ2) is 8.85. The molecule has 0 aliphatic heterocycles. The number of hydrogen-bond acceptors (Lipinski definition) is 4. The molecule has 0 saturated heterocycles. The normalized spacial score (nSPS) is 13.3. The molecule has 0 atom stereocenters. The van der Waals surface area contributed by atoms with Crippen LogP contribution < -0.4 is 10.5 Å². The van der Waals surface area contributed by atoms with Crippen LogP contribution in [0.15, 0.2) is 40.4 Å². The van der Waals surface area contributed by atoms with E-state index < -0.39 is 0 Å². The summed E-state index contributed by atoms with van der Waals surface area (Å²) in [4.78, 5) is 6.24. The van der Waals surface area contributed by atoms with Crippen LogP contribution in [-0.4, -0.2) is 25.2 Å². The number of anilines is 1. The summed E-state index contributed by atoms with van der Waals surface area (Å²) < 4.78 is 5.99. The van der Waals surface area contributed by atoms with E-state index >= 15 is 0 Å².